The third-order valence-corrected chi connectivity index (χ3v) is 5.05. The zero-order chi connectivity index (χ0) is 20.3. The maximum absolute atomic E-state index is 12.9. The summed E-state index contributed by atoms with van der Waals surface area (Å²) in [6.45, 7) is 3.56. The molecule has 1 aliphatic heterocycles. The van der Waals surface area contributed by atoms with E-state index in [4.69, 9.17) is 0 Å². The van der Waals surface area contributed by atoms with E-state index in [1.165, 1.54) is 0 Å². The lowest BCUT2D eigenvalue weighted by molar-refractivity contribution is 0.102. The number of hydrogen-bond acceptors (Lipinski definition) is 7. The second kappa shape index (κ2) is 7.88. The van der Waals surface area contributed by atoms with Gasteiger partial charge in [0.2, 0.25) is 5.95 Å². The number of nitrogens with one attached hydrogen (secondary N) is 2. The minimum Gasteiger partial charge on any atom is -0.367 e. The first-order chi connectivity index (χ1) is 14.8. The third kappa shape index (κ3) is 3.46. The monoisotopic (exact) mass is 400 g/mol. The van der Waals surface area contributed by atoms with E-state index in [9.17, 15) is 4.79 Å². The number of piperazine rings is 1. The van der Waals surface area contributed by atoms with E-state index in [2.05, 4.69) is 35.5 Å². The standard InChI is InChI=1S/C21H20N8O/c30-20(26-17-13-23-7-6-18(17)28-11-9-22-10-12-28)16-5-8-24-21(27-16)29-14-25-15-3-1-2-4-19(15)29/h1-8,13-14,22H,9-12H2,(H,26,30). The summed E-state index contributed by atoms with van der Waals surface area (Å²) in [4.78, 5) is 32.5. The molecule has 1 fully saturated rings. The Labute approximate surface area is 172 Å². The molecule has 0 saturated carbocycles. The van der Waals surface area contributed by atoms with Gasteiger partial charge in [0.05, 0.1) is 28.6 Å². The predicted octanol–water partition coefficient (Wildman–Crippen LogP) is 1.87. The highest BCUT2D eigenvalue weighted by molar-refractivity contribution is 6.04. The summed E-state index contributed by atoms with van der Waals surface area (Å²) in [7, 11) is 0. The van der Waals surface area contributed by atoms with Crippen LogP contribution in [-0.2, 0) is 0 Å². The van der Waals surface area contributed by atoms with Crippen molar-refractivity contribution < 1.29 is 4.79 Å². The van der Waals surface area contributed by atoms with Crippen LogP contribution in [-0.4, -0.2) is 56.6 Å². The quantitative estimate of drug-likeness (QED) is 0.539. The maximum Gasteiger partial charge on any atom is 0.274 e. The van der Waals surface area contributed by atoms with Crippen molar-refractivity contribution in [3.63, 3.8) is 0 Å². The number of amides is 1. The van der Waals surface area contributed by atoms with Gasteiger partial charge in [-0.25, -0.2) is 15.0 Å². The first-order valence-electron chi connectivity index (χ1n) is 9.76. The summed E-state index contributed by atoms with van der Waals surface area (Å²) >= 11 is 0. The molecule has 1 amide bonds. The van der Waals surface area contributed by atoms with Gasteiger partial charge in [-0.2, -0.15) is 0 Å². The van der Waals surface area contributed by atoms with Gasteiger partial charge in [0, 0.05) is 38.6 Å². The van der Waals surface area contributed by atoms with Crippen LogP contribution >= 0.6 is 0 Å². The Bertz CT molecular complexity index is 1200. The smallest absolute Gasteiger partial charge is 0.274 e. The minimum atomic E-state index is -0.313. The fourth-order valence-corrected chi connectivity index (χ4v) is 3.56. The molecular formula is C21H20N8O. The molecule has 5 rings (SSSR count). The number of carbonyl (C=O) groups is 1. The molecule has 30 heavy (non-hydrogen) atoms. The van der Waals surface area contributed by atoms with Gasteiger partial charge < -0.3 is 15.5 Å². The highest BCUT2D eigenvalue weighted by Crippen LogP contribution is 2.25. The number of fused-ring (bicyclic) bond motifs is 1. The Kier molecular flexibility index (Phi) is 4.78. The van der Waals surface area contributed by atoms with Crippen molar-refractivity contribution in [1.29, 1.82) is 0 Å². The number of hydrogen-bond donors (Lipinski definition) is 2. The van der Waals surface area contributed by atoms with Gasteiger partial charge in [-0.15, -0.1) is 0 Å². The fourth-order valence-electron chi connectivity index (χ4n) is 3.56. The lowest BCUT2D eigenvalue weighted by Gasteiger charge is -2.30. The van der Waals surface area contributed by atoms with Gasteiger partial charge in [0.15, 0.2) is 0 Å². The molecule has 9 nitrogen and oxygen atoms in total. The van der Waals surface area contributed by atoms with Gasteiger partial charge in [-0.05, 0) is 24.3 Å². The normalized spacial score (nSPS) is 14.1. The van der Waals surface area contributed by atoms with E-state index in [1.54, 1.807) is 35.6 Å². The number of anilines is 2. The van der Waals surface area contributed by atoms with Crippen LogP contribution in [0.3, 0.4) is 0 Å². The van der Waals surface area contributed by atoms with Crippen molar-refractivity contribution in [3.8, 4) is 5.95 Å². The van der Waals surface area contributed by atoms with Crippen LogP contribution in [0.4, 0.5) is 11.4 Å². The average molecular weight is 400 g/mol. The highest BCUT2D eigenvalue weighted by atomic mass is 16.1. The Balaban J connectivity index is 1.42. The lowest BCUT2D eigenvalue weighted by atomic mass is 10.2. The molecule has 1 aliphatic rings. The van der Waals surface area contributed by atoms with E-state index < -0.39 is 0 Å². The van der Waals surface area contributed by atoms with E-state index in [0.717, 1.165) is 42.9 Å². The van der Waals surface area contributed by atoms with Crippen LogP contribution in [0.1, 0.15) is 10.5 Å². The van der Waals surface area contributed by atoms with Crippen LogP contribution in [0.15, 0.2) is 61.3 Å². The molecule has 0 spiro atoms. The lowest BCUT2D eigenvalue weighted by Crippen LogP contribution is -2.43. The number of nitrogens with zero attached hydrogens (tertiary/aromatic N) is 6. The van der Waals surface area contributed by atoms with Crippen LogP contribution in [0, 0.1) is 0 Å². The van der Waals surface area contributed by atoms with Gasteiger partial charge >= 0.3 is 0 Å². The molecule has 9 heteroatoms. The van der Waals surface area contributed by atoms with Crippen molar-refractivity contribution >= 4 is 28.3 Å². The number of aromatic nitrogens is 5. The second-order valence-electron chi connectivity index (χ2n) is 6.93. The molecule has 0 radical (unpaired) electrons. The minimum absolute atomic E-state index is 0.271. The van der Waals surface area contributed by atoms with Gasteiger partial charge in [0.25, 0.3) is 5.91 Å². The number of rotatable bonds is 4. The van der Waals surface area contributed by atoms with Crippen LogP contribution in [0.25, 0.3) is 17.0 Å². The zero-order valence-electron chi connectivity index (χ0n) is 16.2. The molecule has 0 atom stereocenters. The van der Waals surface area contributed by atoms with E-state index in [1.807, 2.05) is 30.3 Å². The number of pyridine rings is 1. The molecule has 0 aliphatic carbocycles. The zero-order valence-corrected chi connectivity index (χ0v) is 16.2. The Morgan fingerprint density at radius 1 is 1.03 bits per heavy atom. The molecular weight excluding hydrogens is 380 g/mol. The summed E-state index contributed by atoms with van der Waals surface area (Å²) in [6, 6.07) is 11.2. The third-order valence-electron chi connectivity index (χ3n) is 5.05. The van der Waals surface area contributed by atoms with E-state index in [-0.39, 0.29) is 11.6 Å². The van der Waals surface area contributed by atoms with E-state index in [0.29, 0.717) is 11.6 Å². The van der Waals surface area contributed by atoms with Crippen molar-refractivity contribution in [3.05, 3.63) is 67.0 Å². The molecule has 4 heterocycles. The molecule has 4 aromatic rings. The molecule has 150 valence electrons. The first-order valence-corrected chi connectivity index (χ1v) is 9.76. The van der Waals surface area contributed by atoms with Crippen molar-refractivity contribution in [2.75, 3.05) is 36.4 Å². The molecule has 3 aromatic heterocycles. The van der Waals surface area contributed by atoms with Gasteiger partial charge in [0.1, 0.15) is 12.0 Å². The summed E-state index contributed by atoms with van der Waals surface area (Å²) < 4.78 is 1.77. The molecule has 0 unspecified atom stereocenters. The molecule has 2 N–H and O–H groups in total. The summed E-state index contributed by atoms with van der Waals surface area (Å²) in [5.74, 6) is 0.0809. The Morgan fingerprint density at radius 2 is 1.90 bits per heavy atom. The number of para-hydroxylation sites is 2. The molecule has 0 bridgehead atoms. The largest absolute Gasteiger partial charge is 0.367 e. The van der Waals surface area contributed by atoms with E-state index >= 15 is 0 Å². The van der Waals surface area contributed by atoms with Gasteiger partial charge in [-0.3, -0.25) is 14.3 Å². The van der Waals surface area contributed by atoms with Gasteiger partial charge in [-0.1, -0.05) is 12.1 Å². The summed E-state index contributed by atoms with van der Waals surface area (Å²) in [5, 5.41) is 6.29. The topological polar surface area (TPSA) is 101 Å². The van der Waals surface area contributed by atoms with Crippen molar-refractivity contribution in [2.45, 2.75) is 0 Å². The molecule has 1 saturated heterocycles. The Morgan fingerprint density at radius 3 is 2.80 bits per heavy atom. The van der Waals surface area contributed by atoms with Crippen LogP contribution in [0.2, 0.25) is 0 Å². The van der Waals surface area contributed by atoms with Crippen LogP contribution in [0.5, 0.6) is 0 Å². The number of benzene rings is 1. The highest BCUT2D eigenvalue weighted by Gasteiger charge is 2.17. The maximum atomic E-state index is 12.9. The van der Waals surface area contributed by atoms with Crippen molar-refractivity contribution in [2.24, 2.45) is 0 Å². The number of imidazole rings is 1. The van der Waals surface area contributed by atoms with Crippen LogP contribution < -0.4 is 15.5 Å². The SMILES string of the molecule is O=C(Nc1cnccc1N1CCNCC1)c1ccnc(-n2cnc3ccccc32)n1. The Hall–Kier alpha value is -3.85. The fraction of sp³-hybridized carbons (Fsp3) is 0.190. The predicted molar refractivity (Wildman–Crippen MR) is 114 cm³/mol. The molecule has 1 aromatic carbocycles. The second-order valence-corrected chi connectivity index (χ2v) is 6.93. The average Bonchev–Trinajstić information content (AvgIpc) is 3.24. The summed E-state index contributed by atoms with van der Waals surface area (Å²) in [5.41, 5.74) is 3.61. The van der Waals surface area contributed by atoms with Crippen molar-refractivity contribution in [1.82, 2.24) is 29.8 Å². The number of carbonyl (C=O) groups excluding carboxylic acids is 1. The summed E-state index contributed by atoms with van der Waals surface area (Å²) in [6.07, 6.45) is 6.64. The first kappa shape index (κ1) is 18.2.